The average molecular weight is 958 g/mol. The summed E-state index contributed by atoms with van der Waals surface area (Å²) in [5.74, 6) is 0. The Labute approximate surface area is 427 Å². The number of rotatable bonds is 3. The molecule has 1 fully saturated rings. The quantitative estimate of drug-likeness (QED) is 0.163. The maximum Gasteiger partial charge on any atom is 0.253 e. The highest BCUT2D eigenvalue weighted by atomic mass is 32.1. The minimum Gasteiger partial charge on any atom is -0.334 e. The molecule has 70 heavy (non-hydrogen) atoms. The zero-order chi connectivity index (χ0) is 48.9. The molecule has 3 nitrogen and oxygen atoms in total. The summed E-state index contributed by atoms with van der Waals surface area (Å²) in [5, 5.41) is 2.87. The highest BCUT2D eigenvalue weighted by Gasteiger charge is 2.59. The van der Waals surface area contributed by atoms with Crippen LogP contribution in [0.25, 0.3) is 10.1 Å². The molecule has 6 aliphatic rings. The monoisotopic (exact) mass is 958 g/mol. The molecule has 7 aromatic rings. The van der Waals surface area contributed by atoms with Gasteiger partial charge in [0.05, 0.1) is 10.5 Å². The molecule has 13 rings (SSSR count). The molecule has 2 atom stereocenters. The summed E-state index contributed by atoms with van der Waals surface area (Å²) in [4.78, 5) is 11.5. The van der Waals surface area contributed by atoms with Crippen LogP contribution in [-0.4, -0.2) is 12.3 Å². The van der Waals surface area contributed by atoms with Crippen molar-refractivity contribution in [3.05, 3.63) is 135 Å². The van der Waals surface area contributed by atoms with E-state index < -0.39 is 0 Å². The first kappa shape index (κ1) is 45.1. The van der Waals surface area contributed by atoms with Crippen LogP contribution in [0.1, 0.15) is 173 Å². The fourth-order valence-electron chi connectivity index (χ4n) is 14.9. The molecule has 0 amide bonds. The van der Waals surface area contributed by atoms with Crippen LogP contribution in [0.4, 0.5) is 44.8 Å². The Hall–Kier alpha value is -4.78. The summed E-state index contributed by atoms with van der Waals surface area (Å²) in [6.07, 6.45) is 9.66. The van der Waals surface area contributed by atoms with Gasteiger partial charge in [0.15, 0.2) is 0 Å². The smallest absolute Gasteiger partial charge is 0.253 e. The molecule has 5 aromatic carbocycles. The van der Waals surface area contributed by atoms with Gasteiger partial charge >= 0.3 is 0 Å². The van der Waals surface area contributed by atoms with Crippen LogP contribution in [-0.2, 0) is 32.5 Å². The third-order valence-electron chi connectivity index (χ3n) is 19.3. The van der Waals surface area contributed by atoms with Crippen molar-refractivity contribution in [3.8, 4) is 0 Å². The van der Waals surface area contributed by atoms with E-state index in [2.05, 4.69) is 231 Å². The lowest BCUT2D eigenvalue weighted by Gasteiger charge is -2.51. The number of anilines is 8. The standard InChI is InChI=1S/C64H72BN3S2/c1-58(2,3)39-26-27-46-44(34-39)63(12)28-20-21-29-64(63,13)68(46)42-35-48-53-49(36-42)67(41-24-18-15-19-25-41)57-54(52-56(70-57)62(10,11)33-31-60(52,6)7)65(53)45-38-50-43(37-47(45)66(48)40-22-16-14-17-23-40)51-55(69-50)61(8,9)32-30-59(51,4)5/h14-19,22-27,34-38H,20-21,28-33H2,1-13H3. The lowest BCUT2D eigenvalue weighted by molar-refractivity contribution is 0.195. The van der Waals surface area contributed by atoms with Gasteiger partial charge < -0.3 is 14.7 Å². The van der Waals surface area contributed by atoms with Crippen molar-refractivity contribution in [2.75, 3.05) is 14.7 Å². The maximum absolute atomic E-state index is 2.85. The van der Waals surface area contributed by atoms with Crippen molar-refractivity contribution in [1.29, 1.82) is 0 Å². The molecule has 358 valence electrons. The van der Waals surface area contributed by atoms with Crippen LogP contribution < -0.4 is 31.1 Å². The molecular formula is C64H72BN3S2. The molecule has 2 unspecified atom stereocenters. The molecule has 6 heteroatoms. The van der Waals surface area contributed by atoms with Gasteiger partial charge in [0.1, 0.15) is 0 Å². The molecule has 0 radical (unpaired) electrons. The Morgan fingerprint density at radius 2 is 1.07 bits per heavy atom. The SMILES string of the molecule is CC(C)(C)c1ccc2c(c1)C1(C)CCCCC1(C)N2c1cc2c3c(c1)N(c1ccccc1)c1sc4c(c1B3c1cc3sc5c(c3cc1N2c1ccccc1)C(C)(C)CCC5(C)C)C(C)(C)CCC4(C)C. The van der Waals surface area contributed by atoms with Crippen LogP contribution in [0.3, 0.4) is 0 Å². The van der Waals surface area contributed by atoms with Gasteiger partial charge in [-0.3, -0.25) is 0 Å². The molecular weight excluding hydrogens is 886 g/mol. The van der Waals surface area contributed by atoms with Crippen LogP contribution in [0.15, 0.2) is 103 Å². The van der Waals surface area contributed by atoms with E-state index in [1.54, 1.807) is 26.3 Å². The summed E-state index contributed by atoms with van der Waals surface area (Å²) in [5.41, 5.74) is 20.0. The molecule has 5 heterocycles. The van der Waals surface area contributed by atoms with Gasteiger partial charge in [-0.25, -0.2) is 0 Å². The number of nitrogens with zero attached hydrogens (tertiary/aromatic N) is 3. The van der Waals surface area contributed by atoms with E-state index in [-0.39, 0.29) is 44.7 Å². The number of thiophene rings is 2. The first-order valence-corrected chi connectivity index (χ1v) is 28.3. The number of hydrogen-bond donors (Lipinski definition) is 0. The van der Waals surface area contributed by atoms with E-state index >= 15 is 0 Å². The molecule has 2 aromatic heterocycles. The van der Waals surface area contributed by atoms with Gasteiger partial charge in [-0.1, -0.05) is 144 Å². The van der Waals surface area contributed by atoms with E-state index in [9.17, 15) is 0 Å². The Bertz CT molecular complexity index is 3330. The number of para-hydroxylation sites is 2. The fraction of sp³-hybridized carbons (Fsp3) is 0.438. The van der Waals surface area contributed by atoms with Crippen molar-refractivity contribution < 1.29 is 0 Å². The van der Waals surface area contributed by atoms with Crippen molar-refractivity contribution in [2.24, 2.45) is 0 Å². The first-order valence-electron chi connectivity index (χ1n) is 26.7. The first-order chi connectivity index (χ1) is 33.1. The summed E-state index contributed by atoms with van der Waals surface area (Å²) in [6, 6.07) is 41.1. The van der Waals surface area contributed by atoms with Gasteiger partial charge in [0.2, 0.25) is 0 Å². The van der Waals surface area contributed by atoms with Gasteiger partial charge in [-0.2, -0.15) is 0 Å². The third kappa shape index (κ3) is 5.99. The van der Waals surface area contributed by atoms with E-state index in [1.165, 1.54) is 122 Å². The highest BCUT2D eigenvalue weighted by molar-refractivity contribution is 7.21. The third-order valence-corrected chi connectivity index (χ3v) is 22.4. The second-order valence-corrected chi connectivity index (χ2v) is 28.6. The molecule has 0 spiro atoms. The molecule has 3 aliphatic carbocycles. The summed E-state index contributed by atoms with van der Waals surface area (Å²) in [7, 11) is 0. The van der Waals surface area contributed by atoms with Crippen molar-refractivity contribution in [1.82, 2.24) is 0 Å². The highest BCUT2D eigenvalue weighted by Crippen LogP contribution is 2.63. The van der Waals surface area contributed by atoms with Crippen LogP contribution >= 0.6 is 22.7 Å². The zero-order valence-electron chi connectivity index (χ0n) is 44.2. The van der Waals surface area contributed by atoms with Gasteiger partial charge in [-0.05, 0) is 171 Å². The molecule has 3 aliphatic heterocycles. The van der Waals surface area contributed by atoms with E-state index in [0.29, 0.717) is 0 Å². The van der Waals surface area contributed by atoms with Crippen LogP contribution in [0, 0.1) is 0 Å². The molecule has 0 bridgehead atoms. The summed E-state index contributed by atoms with van der Waals surface area (Å²) >= 11 is 4.20. The lowest BCUT2D eigenvalue weighted by Crippen LogP contribution is -2.62. The minimum atomic E-state index is -0.109. The minimum absolute atomic E-state index is 0.00369. The Balaban J connectivity index is 1.19. The predicted molar refractivity (Wildman–Crippen MR) is 306 cm³/mol. The van der Waals surface area contributed by atoms with Gasteiger partial charge in [0.25, 0.3) is 6.71 Å². The maximum atomic E-state index is 2.85. The van der Waals surface area contributed by atoms with E-state index in [0.717, 1.165) is 6.42 Å². The van der Waals surface area contributed by atoms with Crippen molar-refractivity contribution >= 4 is 101 Å². The Morgan fingerprint density at radius 1 is 0.500 bits per heavy atom. The van der Waals surface area contributed by atoms with E-state index in [4.69, 9.17) is 0 Å². The number of benzene rings is 5. The molecule has 0 saturated heterocycles. The predicted octanol–water partition coefficient (Wildman–Crippen LogP) is 16.8. The lowest BCUT2D eigenvalue weighted by atomic mass is 9.32. The second kappa shape index (κ2) is 14.5. The number of hydrogen-bond acceptors (Lipinski definition) is 5. The van der Waals surface area contributed by atoms with Crippen LogP contribution in [0.5, 0.6) is 0 Å². The van der Waals surface area contributed by atoms with Gasteiger partial charge in [-0.15, -0.1) is 22.7 Å². The normalized spacial score (nSPS) is 24.1. The summed E-state index contributed by atoms with van der Waals surface area (Å²) < 4.78 is 1.45. The topological polar surface area (TPSA) is 9.72 Å². The van der Waals surface area contributed by atoms with Crippen molar-refractivity contribution in [3.63, 3.8) is 0 Å². The largest absolute Gasteiger partial charge is 0.334 e. The van der Waals surface area contributed by atoms with Crippen LogP contribution in [0.2, 0.25) is 0 Å². The Kier molecular flexibility index (Phi) is 9.32. The second-order valence-electron chi connectivity index (χ2n) is 26.6. The molecule has 1 saturated carbocycles. The fourth-order valence-corrected chi connectivity index (χ4v) is 18.1. The van der Waals surface area contributed by atoms with Crippen molar-refractivity contribution in [2.45, 2.75) is 179 Å². The zero-order valence-corrected chi connectivity index (χ0v) is 45.8. The van der Waals surface area contributed by atoms with E-state index in [1.807, 2.05) is 0 Å². The average Bonchev–Trinajstić information content (AvgIpc) is 3.98. The van der Waals surface area contributed by atoms with Gasteiger partial charge in [0, 0.05) is 59.7 Å². The molecule has 0 N–H and O–H groups in total. The Morgan fingerprint density at radius 3 is 1.71 bits per heavy atom. The summed E-state index contributed by atoms with van der Waals surface area (Å²) in [6.45, 7) is 32.6. The number of fused-ring (bicyclic) bond motifs is 12.